The summed E-state index contributed by atoms with van der Waals surface area (Å²) < 4.78 is 5.19. The molecule has 5 nitrogen and oxygen atoms in total. The van der Waals surface area contributed by atoms with E-state index in [1.165, 1.54) is 18.3 Å². The molecule has 126 valence electrons. The first-order valence-corrected chi connectivity index (χ1v) is 8.55. The maximum atomic E-state index is 12.6. The molecule has 6 heteroatoms. The van der Waals surface area contributed by atoms with E-state index < -0.39 is 18.0 Å². The van der Waals surface area contributed by atoms with Crippen molar-refractivity contribution in [3.63, 3.8) is 0 Å². The van der Waals surface area contributed by atoms with E-state index in [1.54, 1.807) is 24.3 Å². The molecule has 0 spiro atoms. The SMILES string of the molecule is CC(=O)OC(C(=O)Nc1nc(-c2ccccc2)cs1)c1ccccc1. The topological polar surface area (TPSA) is 68.3 Å². The standard InChI is InChI=1S/C19H16N2O3S/c1-13(22)24-17(15-10-6-3-7-11-15)18(23)21-19-20-16(12-25-19)14-8-4-2-5-9-14/h2-12,17H,1H3,(H,20,21,23). The van der Waals surface area contributed by atoms with Crippen molar-refractivity contribution in [3.05, 3.63) is 71.6 Å². The molecule has 2 aromatic carbocycles. The third-order valence-corrected chi connectivity index (χ3v) is 4.19. The van der Waals surface area contributed by atoms with E-state index in [9.17, 15) is 9.59 Å². The van der Waals surface area contributed by atoms with Crippen molar-refractivity contribution in [2.75, 3.05) is 5.32 Å². The van der Waals surface area contributed by atoms with Gasteiger partial charge in [0, 0.05) is 23.4 Å². The number of anilines is 1. The molecule has 25 heavy (non-hydrogen) atoms. The van der Waals surface area contributed by atoms with E-state index in [-0.39, 0.29) is 0 Å². The summed E-state index contributed by atoms with van der Waals surface area (Å²) in [4.78, 5) is 28.4. The molecule has 0 fully saturated rings. The van der Waals surface area contributed by atoms with Crippen LogP contribution >= 0.6 is 11.3 Å². The highest BCUT2D eigenvalue weighted by atomic mass is 32.1. The number of carbonyl (C=O) groups is 2. The number of benzene rings is 2. The van der Waals surface area contributed by atoms with Gasteiger partial charge in [-0.1, -0.05) is 60.7 Å². The van der Waals surface area contributed by atoms with Crippen LogP contribution in [0.4, 0.5) is 5.13 Å². The second kappa shape index (κ2) is 7.72. The molecule has 1 amide bonds. The molecular weight excluding hydrogens is 336 g/mol. The number of nitrogens with zero attached hydrogens (tertiary/aromatic N) is 1. The predicted molar refractivity (Wildman–Crippen MR) is 97.1 cm³/mol. The van der Waals surface area contributed by atoms with E-state index in [0.29, 0.717) is 10.7 Å². The van der Waals surface area contributed by atoms with Crippen molar-refractivity contribution in [2.24, 2.45) is 0 Å². The zero-order valence-corrected chi connectivity index (χ0v) is 14.3. The van der Waals surface area contributed by atoms with Gasteiger partial charge in [0.25, 0.3) is 5.91 Å². The first-order chi connectivity index (χ1) is 12.1. The Hall–Kier alpha value is -2.99. The van der Waals surface area contributed by atoms with Crippen LogP contribution in [0.1, 0.15) is 18.6 Å². The number of esters is 1. The van der Waals surface area contributed by atoms with Gasteiger partial charge in [0.1, 0.15) is 0 Å². The molecule has 1 heterocycles. The molecule has 0 bridgehead atoms. The third-order valence-electron chi connectivity index (χ3n) is 3.43. The smallest absolute Gasteiger partial charge is 0.303 e. The molecule has 0 aliphatic heterocycles. The first-order valence-electron chi connectivity index (χ1n) is 7.67. The van der Waals surface area contributed by atoms with Gasteiger partial charge in [0.15, 0.2) is 5.13 Å². The van der Waals surface area contributed by atoms with Crippen LogP contribution in [0.5, 0.6) is 0 Å². The molecule has 0 aliphatic rings. The number of rotatable bonds is 5. The fourth-order valence-corrected chi connectivity index (χ4v) is 3.03. The van der Waals surface area contributed by atoms with Crippen LogP contribution < -0.4 is 5.32 Å². The van der Waals surface area contributed by atoms with Gasteiger partial charge >= 0.3 is 5.97 Å². The number of thiazole rings is 1. The van der Waals surface area contributed by atoms with Crippen molar-refractivity contribution in [2.45, 2.75) is 13.0 Å². The van der Waals surface area contributed by atoms with Crippen molar-refractivity contribution in [1.82, 2.24) is 4.98 Å². The summed E-state index contributed by atoms with van der Waals surface area (Å²) in [7, 11) is 0. The van der Waals surface area contributed by atoms with Gasteiger partial charge in [-0.3, -0.25) is 14.9 Å². The maximum absolute atomic E-state index is 12.6. The Bertz CT molecular complexity index is 863. The summed E-state index contributed by atoms with van der Waals surface area (Å²) in [6.07, 6.45) is -1.01. The Kier molecular flexibility index (Phi) is 5.20. The number of carbonyl (C=O) groups excluding carboxylic acids is 2. The van der Waals surface area contributed by atoms with Gasteiger partial charge < -0.3 is 4.74 Å². The zero-order valence-electron chi connectivity index (χ0n) is 13.5. The summed E-state index contributed by atoms with van der Waals surface area (Å²) in [5, 5.41) is 5.05. The maximum Gasteiger partial charge on any atom is 0.303 e. The predicted octanol–water partition coefficient (Wildman–Crippen LogP) is 4.05. The Morgan fingerprint density at radius 1 is 1.04 bits per heavy atom. The molecule has 0 saturated carbocycles. The minimum absolute atomic E-state index is 0.435. The lowest BCUT2D eigenvalue weighted by atomic mass is 10.1. The molecule has 0 radical (unpaired) electrons. The minimum atomic E-state index is -1.01. The van der Waals surface area contributed by atoms with Gasteiger partial charge in [0.2, 0.25) is 6.10 Å². The average molecular weight is 352 g/mol. The van der Waals surface area contributed by atoms with Crippen LogP contribution in [0.3, 0.4) is 0 Å². The fourth-order valence-electron chi connectivity index (χ4n) is 2.31. The molecule has 0 saturated heterocycles. The molecule has 1 aromatic heterocycles. The Labute approximate surface area is 149 Å². The number of nitrogens with one attached hydrogen (secondary N) is 1. The normalized spacial score (nSPS) is 11.6. The van der Waals surface area contributed by atoms with Crippen molar-refractivity contribution in [1.29, 1.82) is 0 Å². The highest BCUT2D eigenvalue weighted by molar-refractivity contribution is 7.14. The zero-order chi connectivity index (χ0) is 17.6. The molecule has 1 N–H and O–H groups in total. The second-order valence-corrected chi connectivity index (χ2v) is 6.15. The van der Waals surface area contributed by atoms with Crippen LogP contribution in [-0.2, 0) is 14.3 Å². The van der Waals surface area contributed by atoms with Crippen LogP contribution in [0.25, 0.3) is 11.3 Å². The van der Waals surface area contributed by atoms with Crippen molar-refractivity contribution < 1.29 is 14.3 Å². The quantitative estimate of drug-likeness (QED) is 0.703. The van der Waals surface area contributed by atoms with Crippen LogP contribution in [0, 0.1) is 0 Å². The lowest BCUT2D eigenvalue weighted by molar-refractivity contribution is -0.152. The fraction of sp³-hybridized carbons (Fsp3) is 0.105. The van der Waals surface area contributed by atoms with Crippen LogP contribution in [0.2, 0.25) is 0 Å². The summed E-state index contributed by atoms with van der Waals surface area (Å²) in [5.74, 6) is -0.955. The lowest BCUT2D eigenvalue weighted by Crippen LogP contribution is -2.25. The summed E-state index contributed by atoms with van der Waals surface area (Å²) in [6.45, 7) is 1.28. The van der Waals surface area contributed by atoms with E-state index in [1.807, 2.05) is 41.8 Å². The van der Waals surface area contributed by atoms with E-state index in [2.05, 4.69) is 10.3 Å². The Morgan fingerprint density at radius 3 is 2.32 bits per heavy atom. The Balaban J connectivity index is 1.78. The van der Waals surface area contributed by atoms with Gasteiger partial charge in [0.05, 0.1) is 5.69 Å². The molecular formula is C19H16N2O3S. The highest BCUT2D eigenvalue weighted by Crippen LogP contribution is 2.26. The summed E-state index contributed by atoms with van der Waals surface area (Å²) in [5.41, 5.74) is 2.36. The number of ether oxygens (including phenoxy) is 1. The monoisotopic (exact) mass is 352 g/mol. The molecule has 1 atom stereocenters. The van der Waals surface area contributed by atoms with Crippen LogP contribution in [0.15, 0.2) is 66.0 Å². The number of aromatic nitrogens is 1. The summed E-state index contributed by atoms with van der Waals surface area (Å²) >= 11 is 1.32. The van der Waals surface area contributed by atoms with Gasteiger partial charge in [-0.2, -0.15) is 0 Å². The van der Waals surface area contributed by atoms with Crippen molar-refractivity contribution in [3.8, 4) is 11.3 Å². The average Bonchev–Trinajstić information content (AvgIpc) is 3.09. The first kappa shape index (κ1) is 16.9. The Morgan fingerprint density at radius 2 is 1.68 bits per heavy atom. The molecule has 3 aromatic rings. The summed E-state index contributed by atoms with van der Waals surface area (Å²) in [6, 6.07) is 18.6. The van der Waals surface area contributed by atoms with Gasteiger partial charge in [-0.05, 0) is 0 Å². The van der Waals surface area contributed by atoms with Gasteiger partial charge in [-0.15, -0.1) is 11.3 Å². The third kappa shape index (κ3) is 4.30. The van der Waals surface area contributed by atoms with Crippen molar-refractivity contribution >= 4 is 28.3 Å². The minimum Gasteiger partial charge on any atom is -0.447 e. The number of hydrogen-bond donors (Lipinski definition) is 1. The van der Waals surface area contributed by atoms with E-state index >= 15 is 0 Å². The number of hydrogen-bond acceptors (Lipinski definition) is 5. The lowest BCUT2D eigenvalue weighted by Gasteiger charge is -2.16. The molecule has 0 aliphatic carbocycles. The molecule has 1 unspecified atom stereocenters. The molecule has 3 rings (SSSR count). The van der Waals surface area contributed by atoms with Gasteiger partial charge in [-0.25, -0.2) is 4.98 Å². The number of amides is 1. The largest absolute Gasteiger partial charge is 0.447 e. The van der Waals surface area contributed by atoms with E-state index in [4.69, 9.17) is 4.74 Å². The highest BCUT2D eigenvalue weighted by Gasteiger charge is 2.24. The second-order valence-electron chi connectivity index (χ2n) is 5.29. The van der Waals surface area contributed by atoms with Crippen LogP contribution in [-0.4, -0.2) is 16.9 Å². The van der Waals surface area contributed by atoms with E-state index in [0.717, 1.165) is 11.3 Å².